The molecular formula is C12H10N2O2. The minimum Gasteiger partial charge on any atom is -0.504 e. The Morgan fingerprint density at radius 2 is 1.25 bits per heavy atom. The number of nitrogens with zero attached hydrogens (tertiary/aromatic N) is 2. The number of aliphatic hydroxyl groups excluding tert-OH is 2. The van der Waals surface area contributed by atoms with E-state index in [1.54, 1.807) is 36.7 Å². The van der Waals surface area contributed by atoms with Gasteiger partial charge in [-0.2, -0.15) is 0 Å². The van der Waals surface area contributed by atoms with E-state index in [-0.39, 0.29) is 11.5 Å². The Bertz CT molecular complexity index is 447. The van der Waals surface area contributed by atoms with E-state index in [0.29, 0.717) is 11.1 Å². The summed E-state index contributed by atoms with van der Waals surface area (Å²) in [6.45, 7) is 0. The molecule has 4 nitrogen and oxygen atoms in total. The van der Waals surface area contributed by atoms with Crippen LogP contribution >= 0.6 is 0 Å². The highest BCUT2D eigenvalue weighted by Gasteiger charge is 2.08. The molecule has 0 saturated carbocycles. The van der Waals surface area contributed by atoms with Gasteiger partial charge in [-0.15, -0.1) is 0 Å². The summed E-state index contributed by atoms with van der Waals surface area (Å²) in [7, 11) is 0. The number of aromatic nitrogens is 2. The standard InChI is InChI=1S/C12H10N2O2/c15-11(9-3-1-5-13-7-9)12(16)10-4-2-6-14-8-10/h1-8,15-16H/b12-11+. The molecule has 0 radical (unpaired) electrons. The van der Waals surface area contributed by atoms with E-state index in [1.807, 2.05) is 0 Å². The molecule has 0 unspecified atom stereocenters. The lowest BCUT2D eigenvalue weighted by molar-refractivity contribution is 0.459. The molecule has 16 heavy (non-hydrogen) atoms. The van der Waals surface area contributed by atoms with Crippen LogP contribution in [0.5, 0.6) is 0 Å². The molecule has 2 aromatic heterocycles. The molecule has 0 spiro atoms. The molecule has 4 heteroatoms. The molecule has 0 amide bonds. The van der Waals surface area contributed by atoms with Gasteiger partial charge < -0.3 is 10.2 Å². The van der Waals surface area contributed by atoms with Crippen molar-refractivity contribution in [3.8, 4) is 0 Å². The second kappa shape index (κ2) is 4.44. The van der Waals surface area contributed by atoms with E-state index in [1.165, 1.54) is 12.4 Å². The zero-order valence-corrected chi connectivity index (χ0v) is 8.41. The maximum atomic E-state index is 9.80. The number of hydrogen-bond acceptors (Lipinski definition) is 4. The summed E-state index contributed by atoms with van der Waals surface area (Å²) in [6.07, 6.45) is 6.14. The maximum Gasteiger partial charge on any atom is 0.167 e. The predicted octanol–water partition coefficient (Wildman–Crippen LogP) is 2.42. The number of rotatable bonds is 2. The Morgan fingerprint density at radius 3 is 1.56 bits per heavy atom. The van der Waals surface area contributed by atoms with Crippen molar-refractivity contribution in [2.75, 3.05) is 0 Å². The summed E-state index contributed by atoms with van der Waals surface area (Å²) >= 11 is 0. The van der Waals surface area contributed by atoms with Crippen LogP contribution in [-0.4, -0.2) is 20.2 Å². The molecule has 0 fully saturated rings. The summed E-state index contributed by atoms with van der Waals surface area (Å²) in [6, 6.07) is 6.69. The summed E-state index contributed by atoms with van der Waals surface area (Å²) in [5.74, 6) is -0.415. The van der Waals surface area contributed by atoms with Crippen LogP contribution in [0.4, 0.5) is 0 Å². The lowest BCUT2D eigenvalue weighted by Crippen LogP contribution is -1.92. The second-order valence-corrected chi connectivity index (χ2v) is 3.18. The summed E-state index contributed by atoms with van der Waals surface area (Å²) in [5, 5.41) is 19.6. The van der Waals surface area contributed by atoms with Crippen molar-refractivity contribution in [2.24, 2.45) is 0 Å². The first-order chi connectivity index (χ1) is 7.79. The molecule has 0 aromatic carbocycles. The fourth-order valence-corrected chi connectivity index (χ4v) is 1.28. The largest absolute Gasteiger partial charge is 0.504 e. The number of aliphatic hydroxyl groups is 2. The summed E-state index contributed by atoms with van der Waals surface area (Å²) in [4.78, 5) is 7.72. The zero-order chi connectivity index (χ0) is 11.4. The van der Waals surface area contributed by atoms with E-state index in [0.717, 1.165) is 0 Å². The van der Waals surface area contributed by atoms with Crippen LogP contribution in [0.3, 0.4) is 0 Å². The number of pyridine rings is 2. The molecule has 0 saturated heterocycles. The molecule has 2 rings (SSSR count). The van der Waals surface area contributed by atoms with Gasteiger partial charge in [0.05, 0.1) is 0 Å². The van der Waals surface area contributed by atoms with Gasteiger partial charge in [-0.3, -0.25) is 9.97 Å². The molecule has 2 heterocycles. The van der Waals surface area contributed by atoms with Gasteiger partial charge in [-0.1, -0.05) is 0 Å². The molecule has 2 N–H and O–H groups in total. The van der Waals surface area contributed by atoms with Gasteiger partial charge >= 0.3 is 0 Å². The van der Waals surface area contributed by atoms with Gasteiger partial charge in [0, 0.05) is 35.9 Å². The lowest BCUT2D eigenvalue weighted by Gasteiger charge is -2.04. The van der Waals surface area contributed by atoms with Crippen molar-refractivity contribution in [2.45, 2.75) is 0 Å². The number of hydrogen-bond donors (Lipinski definition) is 2. The van der Waals surface area contributed by atoms with Gasteiger partial charge in [-0.05, 0) is 24.3 Å². The zero-order valence-electron chi connectivity index (χ0n) is 8.41. The van der Waals surface area contributed by atoms with E-state index < -0.39 is 0 Å². The van der Waals surface area contributed by atoms with E-state index in [2.05, 4.69) is 9.97 Å². The maximum absolute atomic E-state index is 9.80. The van der Waals surface area contributed by atoms with Gasteiger partial charge in [0.15, 0.2) is 11.5 Å². The molecule has 0 aliphatic carbocycles. The molecule has 0 atom stereocenters. The van der Waals surface area contributed by atoms with Crippen LogP contribution < -0.4 is 0 Å². The fourth-order valence-electron chi connectivity index (χ4n) is 1.28. The summed E-state index contributed by atoms with van der Waals surface area (Å²) < 4.78 is 0. The Balaban J connectivity index is 2.43. The minimum absolute atomic E-state index is 0.207. The van der Waals surface area contributed by atoms with Crippen molar-refractivity contribution in [1.82, 2.24) is 9.97 Å². The molecular weight excluding hydrogens is 204 g/mol. The van der Waals surface area contributed by atoms with E-state index >= 15 is 0 Å². The van der Waals surface area contributed by atoms with Crippen molar-refractivity contribution >= 4 is 11.5 Å². The highest BCUT2D eigenvalue weighted by atomic mass is 16.3. The first-order valence-electron chi connectivity index (χ1n) is 4.72. The normalized spacial score (nSPS) is 12.0. The fraction of sp³-hybridized carbons (Fsp3) is 0. The van der Waals surface area contributed by atoms with Crippen LogP contribution in [0.2, 0.25) is 0 Å². The third-order valence-corrected chi connectivity index (χ3v) is 2.09. The monoisotopic (exact) mass is 214 g/mol. The average molecular weight is 214 g/mol. The van der Waals surface area contributed by atoms with E-state index in [4.69, 9.17) is 0 Å². The van der Waals surface area contributed by atoms with Gasteiger partial charge in [-0.25, -0.2) is 0 Å². The Morgan fingerprint density at radius 1 is 0.812 bits per heavy atom. The Labute approximate surface area is 92.6 Å². The van der Waals surface area contributed by atoms with Crippen LogP contribution in [0.25, 0.3) is 11.5 Å². The third-order valence-electron chi connectivity index (χ3n) is 2.09. The highest BCUT2D eigenvalue weighted by Crippen LogP contribution is 2.20. The predicted molar refractivity (Wildman–Crippen MR) is 60.5 cm³/mol. The quantitative estimate of drug-likeness (QED) is 0.753. The first kappa shape index (κ1) is 10.2. The minimum atomic E-state index is -0.207. The smallest absolute Gasteiger partial charge is 0.167 e. The molecule has 0 bridgehead atoms. The van der Waals surface area contributed by atoms with Crippen molar-refractivity contribution in [3.05, 3.63) is 60.2 Å². The topological polar surface area (TPSA) is 66.2 Å². The van der Waals surface area contributed by atoms with Crippen molar-refractivity contribution < 1.29 is 10.2 Å². The van der Waals surface area contributed by atoms with Gasteiger partial charge in [0.1, 0.15) is 0 Å². The van der Waals surface area contributed by atoms with Crippen LogP contribution in [0.15, 0.2) is 49.1 Å². The molecule has 2 aromatic rings. The molecule has 0 aliphatic rings. The van der Waals surface area contributed by atoms with Gasteiger partial charge in [0.2, 0.25) is 0 Å². The van der Waals surface area contributed by atoms with Gasteiger partial charge in [0.25, 0.3) is 0 Å². The van der Waals surface area contributed by atoms with Crippen LogP contribution in [0.1, 0.15) is 11.1 Å². The highest BCUT2D eigenvalue weighted by molar-refractivity contribution is 5.81. The third kappa shape index (κ3) is 2.00. The van der Waals surface area contributed by atoms with Crippen LogP contribution in [0, 0.1) is 0 Å². The van der Waals surface area contributed by atoms with Crippen molar-refractivity contribution in [3.63, 3.8) is 0 Å². The Hall–Kier alpha value is -2.36. The van der Waals surface area contributed by atoms with Crippen LogP contribution in [-0.2, 0) is 0 Å². The summed E-state index contributed by atoms with van der Waals surface area (Å²) in [5.41, 5.74) is 0.924. The molecule has 80 valence electrons. The Kier molecular flexibility index (Phi) is 2.82. The van der Waals surface area contributed by atoms with E-state index in [9.17, 15) is 10.2 Å². The average Bonchev–Trinajstić information content (AvgIpc) is 2.39. The SMILES string of the molecule is O/C(=C(/O)c1cccnc1)c1cccnc1. The first-order valence-corrected chi connectivity index (χ1v) is 4.72. The molecule has 0 aliphatic heterocycles. The lowest BCUT2D eigenvalue weighted by atomic mass is 10.1. The van der Waals surface area contributed by atoms with Crippen molar-refractivity contribution in [1.29, 1.82) is 0 Å². The second-order valence-electron chi connectivity index (χ2n) is 3.18.